The van der Waals surface area contributed by atoms with Crippen molar-refractivity contribution in [3.8, 4) is 17.2 Å². The Labute approximate surface area is 192 Å². The van der Waals surface area contributed by atoms with Crippen LogP contribution in [-0.4, -0.2) is 59.5 Å². The van der Waals surface area contributed by atoms with E-state index in [1.54, 1.807) is 11.0 Å². The van der Waals surface area contributed by atoms with Gasteiger partial charge in [-0.25, -0.2) is 4.79 Å². The molecule has 8 heteroatoms. The van der Waals surface area contributed by atoms with Crippen LogP contribution in [0.2, 0.25) is 0 Å². The Morgan fingerprint density at radius 1 is 1.03 bits per heavy atom. The Hall–Kier alpha value is -3.29. The second kappa shape index (κ2) is 8.57. The summed E-state index contributed by atoms with van der Waals surface area (Å²) >= 11 is 0. The Bertz CT molecular complexity index is 1120. The zero-order valence-electron chi connectivity index (χ0n) is 19.0. The second-order valence-electron chi connectivity index (χ2n) is 8.94. The van der Waals surface area contributed by atoms with Crippen molar-refractivity contribution in [2.24, 2.45) is 5.92 Å². The van der Waals surface area contributed by atoms with Gasteiger partial charge in [0.25, 0.3) is 0 Å². The van der Waals surface area contributed by atoms with E-state index in [2.05, 4.69) is 0 Å². The van der Waals surface area contributed by atoms with E-state index in [4.69, 9.17) is 14.2 Å². The predicted molar refractivity (Wildman–Crippen MR) is 119 cm³/mol. The molecule has 174 valence electrons. The predicted octanol–water partition coefficient (Wildman–Crippen LogP) is 2.99. The van der Waals surface area contributed by atoms with Crippen LogP contribution < -0.4 is 9.47 Å². The third-order valence-electron chi connectivity index (χ3n) is 6.60. The van der Waals surface area contributed by atoms with Crippen LogP contribution >= 0.6 is 0 Å². The summed E-state index contributed by atoms with van der Waals surface area (Å²) < 4.78 is 18.6. The number of benzene rings is 1. The van der Waals surface area contributed by atoms with Gasteiger partial charge in [0.05, 0.1) is 0 Å². The Morgan fingerprint density at radius 3 is 2.55 bits per heavy atom. The number of esters is 1. The summed E-state index contributed by atoms with van der Waals surface area (Å²) in [4.78, 5) is 39.6. The number of Topliss-reactive ketones (excluding diaryl/α,β-unsaturated/α-hetero) is 1. The molecule has 5 rings (SSSR count). The molecule has 0 N–H and O–H groups in total. The van der Waals surface area contributed by atoms with Gasteiger partial charge in [0.2, 0.25) is 11.7 Å². The Balaban J connectivity index is 1.28. The van der Waals surface area contributed by atoms with Gasteiger partial charge in [-0.1, -0.05) is 0 Å². The lowest BCUT2D eigenvalue weighted by Gasteiger charge is -2.23. The van der Waals surface area contributed by atoms with Crippen molar-refractivity contribution < 1.29 is 28.6 Å². The van der Waals surface area contributed by atoms with Crippen molar-refractivity contribution in [2.75, 3.05) is 26.4 Å². The monoisotopic (exact) mass is 452 g/mol. The van der Waals surface area contributed by atoms with Crippen LogP contribution in [-0.2, 0) is 14.3 Å². The average molecular weight is 453 g/mol. The molecule has 1 amide bonds. The summed E-state index contributed by atoms with van der Waals surface area (Å²) in [6, 6.07) is 6.92. The van der Waals surface area contributed by atoms with E-state index < -0.39 is 12.0 Å². The van der Waals surface area contributed by atoms with Gasteiger partial charge in [0, 0.05) is 41.2 Å². The molecule has 2 fully saturated rings. The molecule has 3 heterocycles. The number of aryl methyl sites for hydroxylation is 1. The molecule has 1 aliphatic carbocycles. The summed E-state index contributed by atoms with van der Waals surface area (Å²) in [7, 11) is 0. The number of ether oxygens (including phenoxy) is 3. The summed E-state index contributed by atoms with van der Waals surface area (Å²) in [5.74, 6) is 0.732. The SMILES string of the molecule is Cc1cc(C(=O)COC(=O)[C@@H]2CCCN2C(=O)C2CC2)c(C)n1-c1ccc2c(c1)OCCO2. The highest BCUT2D eigenvalue weighted by atomic mass is 16.6. The van der Waals surface area contributed by atoms with Crippen molar-refractivity contribution in [1.29, 1.82) is 0 Å². The molecular weight excluding hydrogens is 424 g/mol. The van der Waals surface area contributed by atoms with E-state index >= 15 is 0 Å². The van der Waals surface area contributed by atoms with Gasteiger partial charge >= 0.3 is 5.97 Å². The fourth-order valence-corrected chi connectivity index (χ4v) is 4.76. The third-order valence-corrected chi connectivity index (χ3v) is 6.60. The fourth-order valence-electron chi connectivity index (χ4n) is 4.76. The maximum atomic E-state index is 12.9. The Morgan fingerprint density at radius 2 is 1.79 bits per heavy atom. The molecule has 1 aromatic heterocycles. The molecule has 1 saturated carbocycles. The number of amides is 1. The van der Waals surface area contributed by atoms with E-state index in [9.17, 15) is 14.4 Å². The summed E-state index contributed by atoms with van der Waals surface area (Å²) in [6.07, 6.45) is 3.16. The molecule has 1 atom stereocenters. The Kier molecular flexibility index (Phi) is 5.60. The number of aromatic nitrogens is 1. The normalized spacial score (nSPS) is 19.5. The number of nitrogens with zero attached hydrogens (tertiary/aromatic N) is 2. The van der Waals surface area contributed by atoms with Crippen molar-refractivity contribution >= 4 is 17.7 Å². The first-order chi connectivity index (χ1) is 15.9. The molecular formula is C25H28N2O6. The third kappa shape index (κ3) is 4.10. The largest absolute Gasteiger partial charge is 0.486 e. The van der Waals surface area contributed by atoms with Crippen molar-refractivity contribution in [2.45, 2.75) is 45.6 Å². The molecule has 1 aromatic carbocycles. The standard InChI is InChI=1S/C25H28N2O6/c1-15-12-19(16(2)27(15)18-7-8-22-23(13-18)32-11-10-31-22)21(28)14-33-25(30)20-4-3-9-26(20)24(29)17-5-6-17/h7-8,12-13,17,20H,3-6,9-11,14H2,1-2H3/t20-/m0/s1. The second-order valence-corrected chi connectivity index (χ2v) is 8.94. The topological polar surface area (TPSA) is 87.1 Å². The molecule has 0 unspecified atom stereocenters. The molecule has 0 spiro atoms. The smallest absolute Gasteiger partial charge is 0.329 e. The highest BCUT2D eigenvalue weighted by molar-refractivity contribution is 6.00. The van der Waals surface area contributed by atoms with E-state index in [0.717, 1.165) is 36.3 Å². The number of fused-ring (bicyclic) bond motifs is 1. The molecule has 1 saturated heterocycles. The van der Waals surface area contributed by atoms with Crippen LogP contribution in [0.4, 0.5) is 0 Å². The van der Waals surface area contributed by atoms with Crippen molar-refractivity contribution in [1.82, 2.24) is 9.47 Å². The lowest BCUT2D eigenvalue weighted by atomic mass is 10.1. The first-order valence-corrected chi connectivity index (χ1v) is 11.5. The number of hydrogen-bond acceptors (Lipinski definition) is 6. The summed E-state index contributed by atoms with van der Waals surface area (Å²) in [5.41, 5.74) is 3.02. The van der Waals surface area contributed by atoms with E-state index in [-0.39, 0.29) is 24.2 Å². The van der Waals surface area contributed by atoms with Gasteiger partial charge in [-0.2, -0.15) is 0 Å². The number of likely N-dealkylation sites (tertiary alicyclic amines) is 1. The van der Waals surface area contributed by atoms with Crippen LogP contribution in [0, 0.1) is 19.8 Å². The number of hydrogen-bond donors (Lipinski definition) is 0. The van der Waals surface area contributed by atoms with Gasteiger partial charge in [0.15, 0.2) is 18.1 Å². The van der Waals surface area contributed by atoms with Gasteiger partial charge in [-0.05, 0) is 57.7 Å². The van der Waals surface area contributed by atoms with Crippen molar-refractivity contribution in [3.63, 3.8) is 0 Å². The van der Waals surface area contributed by atoms with Crippen LogP contribution in [0.5, 0.6) is 11.5 Å². The molecule has 8 nitrogen and oxygen atoms in total. The van der Waals surface area contributed by atoms with E-state index in [0.29, 0.717) is 43.2 Å². The first-order valence-electron chi connectivity index (χ1n) is 11.5. The minimum Gasteiger partial charge on any atom is -0.486 e. The molecule has 33 heavy (non-hydrogen) atoms. The molecule has 3 aliphatic rings. The summed E-state index contributed by atoms with van der Waals surface area (Å²) in [6.45, 7) is 5.06. The lowest BCUT2D eigenvalue weighted by molar-refractivity contribution is -0.152. The van der Waals surface area contributed by atoms with Gasteiger partial charge in [-0.3, -0.25) is 9.59 Å². The van der Waals surface area contributed by atoms with Crippen molar-refractivity contribution in [3.05, 3.63) is 41.2 Å². The number of rotatable bonds is 6. The minimum atomic E-state index is -0.573. The van der Waals surface area contributed by atoms with Gasteiger partial charge in [0.1, 0.15) is 19.3 Å². The lowest BCUT2D eigenvalue weighted by Crippen LogP contribution is -2.42. The van der Waals surface area contributed by atoms with Crippen LogP contribution in [0.15, 0.2) is 24.3 Å². The quantitative estimate of drug-likeness (QED) is 0.495. The molecule has 0 radical (unpaired) electrons. The van der Waals surface area contributed by atoms with Crippen LogP contribution in [0.25, 0.3) is 5.69 Å². The van der Waals surface area contributed by atoms with Gasteiger partial charge < -0.3 is 23.7 Å². The maximum absolute atomic E-state index is 12.9. The van der Waals surface area contributed by atoms with Crippen LogP contribution in [0.1, 0.15) is 47.4 Å². The zero-order valence-corrected chi connectivity index (χ0v) is 19.0. The highest BCUT2D eigenvalue weighted by Crippen LogP contribution is 2.35. The highest BCUT2D eigenvalue weighted by Gasteiger charge is 2.41. The molecule has 2 aromatic rings. The number of ketones is 1. The van der Waals surface area contributed by atoms with E-state index in [1.165, 1.54) is 0 Å². The summed E-state index contributed by atoms with van der Waals surface area (Å²) in [5, 5.41) is 0. The molecule has 0 bridgehead atoms. The first kappa shape index (κ1) is 21.6. The van der Waals surface area contributed by atoms with Gasteiger partial charge in [-0.15, -0.1) is 0 Å². The van der Waals surface area contributed by atoms with Crippen LogP contribution in [0.3, 0.4) is 0 Å². The molecule has 2 aliphatic heterocycles. The fraction of sp³-hybridized carbons (Fsp3) is 0.480. The average Bonchev–Trinajstić information content (AvgIpc) is 3.48. The minimum absolute atomic E-state index is 0.0451. The number of carbonyl (C=O) groups excluding carboxylic acids is 3. The maximum Gasteiger partial charge on any atom is 0.329 e. The number of carbonyl (C=O) groups is 3. The zero-order chi connectivity index (χ0) is 23.1. The van der Waals surface area contributed by atoms with E-state index in [1.807, 2.05) is 36.6 Å².